The quantitative estimate of drug-likeness (QED) is 0.0787. The highest BCUT2D eigenvalue weighted by molar-refractivity contribution is 6.35. The van der Waals surface area contributed by atoms with Crippen LogP contribution >= 0.6 is 11.6 Å². The summed E-state index contributed by atoms with van der Waals surface area (Å²) in [6.07, 6.45) is -3.81. The van der Waals surface area contributed by atoms with E-state index in [0.29, 0.717) is 25.7 Å². The number of aromatic nitrogens is 3. The van der Waals surface area contributed by atoms with Gasteiger partial charge >= 0.3 is 36.0 Å². The van der Waals surface area contributed by atoms with Crippen LogP contribution in [-0.2, 0) is 23.7 Å². The van der Waals surface area contributed by atoms with Crippen molar-refractivity contribution in [3.63, 3.8) is 0 Å². The van der Waals surface area contributed by atoms with Crippen molar-refractivity contribution in [2.24, 2.45) is 0 Å². The third-order valence-corrected chi connectivity index (χ3v) is 7.72. The fraction of sp³-hybridized carbons (Fsp3) is 0.415. The Labute approximate surface area is 356 Å². The molecule has 0 atom stereocenters. The van der Waals surface area contributed by atoms with Gasteiger partial charge in [-0.1, -0.05) is 23.7 Å². The van der Waals surface area contributed by atoms with Gasteiger partial charge in [0.05, 0.1) is 28.3 Å². The van der Waals surface area contributed by atoms with E-state index in [-0.39, 0.29) is 22.6 Å². The van der Waals surface area contributed by atoms with Crippen molar-refractivity contribution in [2.45, 2.75) is 105 Å². The number of para-hydroxylation sites is 1. The summed E-state index contributed by atoms with van der Waals surface area (Å²) in [5, 5.41) is 16.5. The van der Waals surface area contributed by atoms with E-state index < -0.39 is 80.7 Å². The van der Waals surface area contributed by atoms with Crippen LogP contribution in [0.4, 0.5) is 48.0 Å². The van der Waals surface area contributed by atoms with E-state index >= 15 is 0 Å². The lowest BCUT2D eigenvalue weighted by molar-refractivity contribution is -0.384. The third-order valence-electron chi connectivity index (χ3n) is 7.42. The molecule has 2 heterocycles. The molecule has 0 aliphatic heterocycles. The SMILES string of the molecule is COC(=O)c1cc(-c2cc(N(C(=O)OC(C)(C)C)C(=O)OC(C)(C)C)nc(N(C(=O)OC(C)(C)C)C(=O)OC(C)(C)C)n2)cc(Nc2ccnc3c(Cl)cccc23)c1[N+](=O)[O-]. The number of pyridine rings is 1. The maximum atomic E-state index is 13.9. The van der Waals surface area contributed by atoms with E-state index in [2.05, 4.69) is 20.3 Å². The number of rotatable bonds is 7. The molecule has 326 valence electrons. The number of nitro groups is 1. The number of carbonyl (C=O) groups excluding carboxylic acids is 5. The zero-order valence-corrected chi connectivity index (χ0v) is 36.8. The molecule has 0 aliphatic carbocycles. The Balaban J connectivity index is 2.17. The number of hydrogen-bond acceptors (Lipinski definition) is 16. The highest BCUT2D eigenvalue weighted by Crippen LogP contribution is 2.40. The van der Waals surface area contributed by atoms with Crippen molar-refractivity contribution in [1.29, 1.82) is 0 Å². The Kier molecular flexibility index (Phi) is 13.5. The highest BCUT2D eigenvalue weighted by Gasteiger charge is 2.39. The average molecular weight is 866 g/mol. The Bertz CT molecular complexity index is 2260. The first-order valence-corrected chi connectivity index (χ1v) is 19.0. The van der Waals surface area contributed by atoms with Crippen molar-refractivity contribution >= 4 is 81.7 Å². The number of imide groups is 2. The summed E-state index contributed by atoms with van der Waals surface area (Å²) >= 11 is 6.40. The number of anilines is 4. The van der Waals surface area contributed by atoms with Crippen LogP contribution in [0.2, 0.25) is 5.02 Å². The van der Waals surface area contributed by atoms with Crippen LogP contribution in [0.5, 0.6) is 0 Å². The van der Waals surface area contributed by atoms with Gasteiger partial charge in [-0.25, -0.2) is 29.0 Å². The van der Waals surface area contributed by atoms with Gasteiger partial charge in [-0.3, -0.25) is 15.1 Å². The fourth-order valence-electron chi connectivity index (χ4n) is 5.25. The molecule has 61 heavy (non-hydrogen) atoms. The Hall–Kier alpha value is -6.63. The number of methoxy groups -OCH3 is 1. The normalized spacial score (nSPS) is 11.9. The number of nitrogens with one attached hydrogen (secondary N) is 1. The molecule has 0 spiro atoms. The van der Waals surface area contributed by atoms with Gasteiger partial charge in [0.2, 0.25) is 5.95 Å². The van der Waals surface area contributed by atoms with Crippen LogP contribution in [0, 0.1) is 10.1 Å². The maximum absolute atomic E-state index is 13.9. The van der Waals surface area contributed by atoms with Gasteiger partial charge in [0, 0.05) is 28.9 Å². The van der Waals surface area contributed by atoms with Crippen molar-refractivity contribution in [3.8, 4) is 11.3 Å². The lowest BCUT2D eigenvalue weighted by atomic mass is 10.0. The third kappa shape index (κ3) is 12.2. The van der Waals surface area contributed by atoms with Gasteiger partial charge in [-0.15, -0.1) is 4.90 Å². The molecular formula is C41H48ClN7O12. The molecule has 19 nitrogen and oxygen atoms in total. The van der Waals surface area contributed by atoms with E-state index in [9.17, 15) is 34.1 Å². The monoisotopic (exact) mass is 865 g/mol. The van der Waals surface area contributed by atoms with Gasteiger partial charge in [0.15, 0.2) is 5.82 Å². The minimum atomic E-state index is -1.32. The predicted molar refractivity (Wildman–Crippen MR) is 225 cm³/mol. The van der Waals surface area contributed by atoms with Gasteiger partial charge < -0.3 is 29.0 Å². The Morgan fingerprint density at radius 2 is 1.21 bits per heavy atom. The minimum Gasteiger partial charge on any atom is -0.465 e. The Morgan fingerprint density at radius 1 is 0.705 bits per heavy atom. The van der Waals surface area contributed by atoms with Gasteiger partial charge in [0.1, 0.15) is 33.7 Å². The van der Waals surface area contributed by atoms with E-state index in [0.717, 1.165) is 19.2 Å². The number of benzene rings is 2. The van der Waals surface area contributed by atoms with Crippen LogP contribution < -0.4 is 15.1 Å². The number of carbonyl (C=O) groups is 5. The van der Waals surface area contributed by atoms with Crippen molar-refractivity contribution in [3.05, 3.63) is 69.4 Å². The molecule has 0 saturated heterocycles. The zero-order chi connectivity index (χ0) is 46.0. The topological polar surface area (TPSA) is 232 Å². The van der Waals surface area contributed by atoms with Gasteiger partial charge in [-0.05, 0) is 107 Å². The first-order valence-electron chi connectivity index (χ1n) is 18.6. The molecule has 20 heteroatoms. The van der Waals surface area contributed by atoms with E-state index in [1.54, 1.807) is 59.7 Å². The minimum absolute atomic E-state index is 0.114. The molecule has 0 unspecified atom stereocenters. The average Bonchev–Trinajstić information content (AvgIpc) is 3.08. The molecule has 2 aromatic carbocycles. The molecule has 0 aliphatic rings. The fourth-order valence-corrected chi connectivity index (χ4v) is 5.47. The van der Waals surface area contributed by atoms with Gasteiger partial charge in [0.25, 0.3) is 0 Å². The second-order valence-electron chi connectivity index (χ2n) is 17.3. The number of ether oxygens (including phenoxy) is 5. The number of hydrogen-bond donors (Lipinski definition) is 1. The van der Waals surface area contributed by atoms with Crippen LogP contribution in [0.15, 0.2) is 48.7 Å². The molecule has 2 aromatic heterocycles. The van der Waals surface area contributed by atoms with Crippen molar-refractivity contribution in [1.82, 2.24) is 15.0 Å². The number of esters is 1. The number of nitrogens with zero attached hydrogens (tertiary/aromatic N) is 6. The molecule has 0 radical (unpaired) electrons. The van der Waals surface area contributed by atoms with Crippen LogP contribution in [0.25, 0.3) is 22.2 Å². The van der Waals surface area contributed by atoms with E-state index in [1.807, 2.05) is 0 Å². The summed E-state index contributed by atoms with van der Waals surface area (Å²) in [6, 6.07) is 9.81. The van der Waals surface area contributed by atoms with Gasteiger partial charge in [-0.2, -0.15) is 9.88 Å². The summed E-state index contributed by atoms with van der Waals surface area (Å²) in [5.41, 5.74) is -6.06. The van der Waals surface area contributed by atoms with E-state index in [4.69, 9.17) is 35.3 Å². The smallest absolute Gasteiger partial charge is 0.427 e. The highest BCUT2D eigenvalue weighted by atomic mass is 35.5. The second kappa shape index (κ2) is 17.5. The predicted octanol–water partition coefficient (Wildman–Crippen LogP) is 10.1. The summed E-state index contributed by atoms with van der Waals surface area (Å²) < 4.78 is 27.2. The molecule has 4 aromatic rings. The largest absolute Gasteiger partial charge is 0.465 e. The number of nitro benzene ring substituents is 1. The lowest BCUT2D eigenvalue weighted by Gasteiger charge is -2.29. The molecule has 4 amide bonds. The maximum Gasteiger partial charge on any atom is 0.427 e. The first kappa shape index (κ1) is 47.1. The molecular weight excluding hydrogens is 818 g/mol. The zero-order valence-electron chi connectivity index (χ0n) is 36.1. The van der Waals surface area contributed by atoms with Crippen molar-refractivity contribution < 1.29 is 52.6 Å². The number of amides is 4. The summed E-state index contributed by atoms with van der Waals surface area (Å²) in [4.78, 5) is 94.8. The van der Waals surface area contributed by atoms with Crippen LogP contribution in [0.1, 0.15) is 93.4 Å². The van der Waals surface area contributed by atoms with Crippen LogP contribution in [-0.4, -0.2) is 79.7 Å². The first-order chi connectivity index (χ1) is 28.0. The van der Waals surface area contributed by atoms with E-state index in [1.165, 1.54) is 59.9 Å². The Morgan fingerprint density at radius 3 is 1.69 bits per heavy atom. The van der Waals surface area contributed by atoms with Crippen LogP contribution in [0.3, 0.4) is 0 Å². The molecule has 1 N–H and O–H groups in total. The standard InChI is InChI=1S/C41H48ClN7O12/c1-38(2,3)58-34(51)47(35(52)59-39(4,5)6)29-21-27(45-33(46-29)48(36(53)60-40(7,8)9)37(54)61-41(10,11)12)22-19-24(32(50)57-13)31(49(55)56)28(20-22)44-26-17-18-43-30-23(26)15-14-16-25(30)42/h14-21H,1-13H3,(H,43,44). The molecule has 0 fully saturated rings. The summed E-state index contributed by atoms with van der Waals surface area (Å²) in [5.74, 6) is -2.54. The molecule has 0 bridgehead atoms. The molecule has 0 saturated carbocycles. The number of halogens is 1. The summed E-state index contributed by atoms with van der Waals surface area (Å²) in [7, 11) is 1.02. The second-order valence-corrected chi connectivity index (χ2v) is 17.7. The van der Waals surface area contributed by atoms with Crippen molar-refractivity contribution in [2.75, 3.05) is 22.2 Å². The number of fused-ring (bicyclic) bond motifs is 1. The summed E-state index contributed by atoms with van der Waals surface area (Å²) in [6.45, 7) is 18.5. The molecule has 4 rings (SSSR count). The lowest BCUT2D eigenvalue weighted by Crippen LogP contribution is -2.46.